The Bertz CT molecular complexity index is 734. The van der Waals surface area contributed by atoms with Crippen molar-refractivity contribution in [3.63, 3.8) is 0 Å². The third-order valence-corrected chi connectivity index (χ3v) is 4.74. The number of aryl methyl sites for hydroxylation is 2. The summed E-state index contributed by atoms with van der Waals surface area (Å²) in [6.45, 7) is 7.36. The van der Waals surface area contributed by atoms with Gasteiger partial charge in [-0.1, -0.05) is 29.3 Å². The van der Waals surface area contributed by atoms with E-state index in [9.17, 15) is 4.79 Å². The van der Waals surface area contributed by atoms with Gasteiger partial charge in [-0.3, -0.25) is 4.79 Å². The van der Waals surface area contributed by atoms with E-state index in [0.717, 1.165) is 42.1 Å². The van der Waals surface area contributed by atoms with Crippen molar-refractivity contribution in [3.05, 3.63) is 59.2 Å². The lowest BCUT2D eigenvalue weighted by atomic mass is 10.1. The molecule has 2 aromatic rings. The van der Waals surface area contributed by atoms with Gasteiger partial charge in [-0.25, -0.2) is 0 Å². The third-order valence-electron chi connectivity index (χ3n) is 4.74. The minimum atomic E-state index is 0.00550. The van der Waals surface area contributed by atoms with Crippen LogP contribution in [-0.4, -0.2) is 32.1 Å². The van der Waals surface area contributed by atoms with E-state index >= 15 is 0 Å². The summed E-state index contributed by atoms with van der Waals surface area (Å²) in [5, 5.41) is 3.04. The maximum Gasteiger partial charge on any atom is 0.253 e. The zero-order valence-electron chi connectivity index (χ0n) is 15.8. The molecule has 1 heterocycles. The van der Waals surface area contributed by atoms with E-state index in [1.165, 1.54) is 18.4 Å². The number of carbonyl (C=O) groups is 1. The van der Waals surface area contributed by atoms with E-state index in [1.807, 2.05) is 37.3 Å². The lowest BCUT2D eigenvalue weighted by Crippen LogP contribution is -2.29. The Balaban J connectivity index is 1.50. The SMILES string of the molecule is Cc1ccc(OCCCNC(=O)c2cc(C)ccc2N2CCCC2)cc1. The third kappa shape index (κ3) is 4.78. The van der Waals surface area contributed by atoms with Crippen molar-refractivity contribution in [2.45, 2.75) is 33.1 Å². The molecule has 0 aromatic heterocycles. The average molecular weight is 352 g/mol. The van der Waals surface area contributed by atoms with Crippen LogP contribution in [-0.2, 0) is 0 Å². The van der Waals surface area contributed by atoms with E-state index < -0.39 is 0 Å². The van der Waals surface area contributed by atoms with Gasteiger partial charge >= 0.3 is 0 Å². The summed E-state index contributed by atoms with van der Waals surface area (Å²) in [5.74, 6) is 0.878. The molecule has 0 radical (unpaired) electrons. The van der Waals surface area contributed by atoms with Crippen LogP contribution < -0.4 is 15.0 Å². The summed E-state index contributed by atoms with van der Waals surface area (Å²) in [5.41, 5.74) is 4.17. The molecule has 3 rings (SSSR count). The predicted molar refractivity (Wildman–Crippen MR) is 106 cm³/mol. The molecule has 0 saturated carbocycles. The molecule has 1 fully saturated rings. The monoisotopic (exact) mass is 352 g/mol. The van der Waals surface area contributed by atoms with Crippen LogP contribution in [0.2, 0.25) is 0 Å². The molecule has 4 heteroatoms. The number of nitrogens with zero attached hydrogens (tertiary/aromatic N) is 1. The summed E-state index contributed by atoms with van der Waals surface area (Å²) in [6, 6.07) is 14.2. The fourth-order valence-electron chi connectivity index (χ4n) is 3.26. The predicted octanol–water partition coefficient (Wildman–Crippen LogP) is 4.10. The average Bonchev–Trinajstić information content (AvgIpc) is 3.17. The molecule has 0 bridgehead atoms. The number of hydrogen-bond donors (Lipinski definition) is 1. The first-order valence-corrected chi connectivity index (χ1v) is 9.47. The molecule has 1 aliphatic rings. The fraction of sp³-hybridized carbons (Fsp3) is 0.409. The molecule has 1 aliphatic heterocycles. The molecule has 1 N–H and O–H groups in total. The number of nitrogens with one attached hydrogen (secondary N) is 1. The van der Waals surface area contributed by atoms with Gasteiger partial charge in [0.05, 0.1) is 12.2 Å². The van der Waals surface area contributed by atoms with Crippen molar-refractivity contribution in [1.82, 2.24) is 5.32 Å². The van der Waals surface area contributed by atoms with E-state index in [-0.39, 0.29) is 5.91 Å². The summed E-state index contributed by atoms with van der Waals surface area (Å²) < 4.78 is 5.71. The Hall–Kier alpha value is -2.49. The number of hydrogen-bond acceptors (Lipinski definition) is 3. The highest BCUT2D eigenvalue weighted by molar-refractivity contribution is 6.00. The number of amides is 1. The summed E-state index contributed by atoms with van der Waals surface area (Å²) in [4.78, 5) is 15.0. The Morgan fingerprint density at radius 2 is 1.73 bits per heavy atom. The van der Waals surface area contributed by atoms with Gasteiger partial charge in [0.25, 0.3) is 5.91 Å². The van der Waals surface area contributed by atoms with Crippen molar-refractivity contribution in [3.8, 4) is 5.75 Å². The molecular weight excluding hydrogens is 324 g/mol. The van der Waals surface area contributed by atoms with Crippen LogP contribution in [0.15, 0.2) is 42.5 Å². The fourth-order valence-corrected chi connectivity index (χ4v) is 3.26. The zero-order valence-corrected chi connectivity index (χ0v) is 15.8. The van der Waals surface area contributed by atoms with Gasteiger partial charge in [0.2, 0.25) is 0 Å². The van der Waals surface area contributed by atoms with Gasteiger partial charge in [0.1, 0.15) is 5.75 Å². The zero-order chi connectivity index (χ0) is 18.4. The summed E-state index contributed by atoms with van der Waals surface area (Å²) >= 11 is 0. The van der Waals surface area contributed by atoms with Crippen LogP contribution >= 0.6 is 0 Å². The Labute approximate surface area is 156 Å². The quantitative estimate of drug-likeness (QED) is 0.763. The number of benzene rings is 2. The van der Waals surface area contributed by atoms with Gasteiger partial charge in [-0.15, -0.1) is 0 Å². The smallest absolute Gasteiger partial charge is 0.253 e. The van der Waals surface area contributed by atoms with Crippen molar-refractivity contribution in [1.29, 1.82) is 0 Å². The topological polar surface area (TPSA) is 41.6 Å². The standard InChI is InChI=1S/C22H28N2O2/c1-17-6-9-19(10-7-17)26-15-5-12-23-22(25)20-16-18(2)8-11-21(20)24-13-3-4-14-24/h6-11,16H,3-5,12-15H2,1-2H3,(H,23,25). The highest BCUT2D eigenvalue weighted by Gasteiger charge is 2.19. The number of carbonyl (C=O) groups excluding carboxylic acids is 1. The van der Waals surface area contributed by atoms with Crippen molar-refractivity contribution < 1.29 is 9.53 Å². The number of rotatable bonds is 7. The maximum atomic E-state index is 12.7. The minimum Gasteiger partial charge on any atom is -0.494 e. The van der Waals surface area contributed by atoms with Crippen LogP contribution in [0, 0.1) is 13.8 Å². The van der Waals surface area contributed by atoms with Crippen LogP contribution in [0.1, 0.15) is 40.7 Å². The van der Waals surface area contributed by atoms with Crippen LogP contribution in [0.25, 0.3) is 0 Å². The molecule has 0 spiro atoms. The molecule has 2 aromatic carbocycles. The molecule has 1 amide bonds. The van der Waals surface area contributed by atoms with E-state index in [1.54, 1.807) is 0 Å². The van der Waals surface area contributed by atoms with Crippen molar-refractivity contribution in [2.75, 3.05) is 31.1 Å². The van der Waals surface area contributed by atoms with E-state index in [2.05, 4.69) is 29.3 Å². The molecular formula is C22H28N2O2. The molecule has 26 heavy (non-hydrogen) atoms. The number of ether oxygens (including phenoxy) is 1. The van der Waals surface area contributed by atoms with E-state index in [4.69, 9.17) is 4.74 Å². The molecule has 0 unspecified atom stereocenters. The lowest BCUT2D eigenvalue weighted by Gasteiger charge is -2.21. The maximum absolute atomic E-state index is 12.7. The molecule has 0 atom stereocenters. The second-order valence-electron chi connectivity index (χ2n) is 6.99. The van der Waals surface area contributed by atoms with Gasteiger partial charge in [-0.2, -0.15) is 0 Å². The van der Waals surface area contributed by atoms with Gasteiger partial charge in [0, 0.05) is 25.3 Å². The van der Waals surface area contributed by atoms with Crippen LogP contribution in [0.4, 0.5) is 5.69 Å². The lowest BCUT2D eigenvalue weighted by molar-refractivity contribution is 0.0952. The first kappa shape index (κ1) is 18.3. The second-order valence-corrected chi connectivity index (χ2v) is 6.99. The highest BCUT2D eigenvalue weighted by Crippen LogP contribution is 2.25. The summed E-state index contributed by atoms with van der Waals surface area (Å²) in [6.07, 6.45) is 3.18. The van der Waals surface area contributed by atoms with Crippen LogP contribution in [0.3, 0.4) is 0 Å². The molecule has 138 valence electrons. The second kappa shape index (κ2) is 8.75. The Morgan fingerprint density at radius 3 is 2.46 bits per heavy atom. The molecule has 4 nitrogen and oxygen atoms in total. The van der Waals surface area contributed by atoms with Gasteiger partial charge in [-0.05, 0) is 57.4 Å². The Morgan fingerprint density at radius 1 is 1.04 bits per heavy atom. The molecule has 1 saturated heterocycles. The first-order valence-electron chi connectivity index (χ1n) is 9.47. The minimum absolute atomic E-state index is 0.00550. The number of anilines is 1. The Kier molecular flexibility index (Phi) is 6.16. The van der Waals surface area contributed by atoms with Crippen molar-refractivity contribution >= 4 is 11.6 Å². The first-order chi connectivity index (χ1) is 12.6. The van der Waals surface area contributed by atoms with Crippen molar-refractivity contribution in [2.24, 2.45) is 0 Å². The van der Waals surface area contributed by atoms with Gasteiger partial charge in [0.15, 0.2) is 0 Å². The van der Waals surface area contributed by atoms with E-state index in [0.29, 0.717) is 13.2 Å². The normalized spacial score (nSPS) is 13.7. The largest absolute Gasteiger partial charge is 0.494 e. The summed E-state index contributed by atoms with van der Waals surface area (Å²) in [7, 11) is 0. The van der Waals surface area contributed by atoms with Gasteiger partial charge < -0.3 is 15.0 Å². The highest BCUT2D eigenvalue weighted by atomic mass is 16.5. The van der Waals surface area contributed by atoms with Crippen LogP contribution in [0.5, 0.6) is 5.75 Å². The molecule has 0 aliphatic carbocycles.